The molecule has 0 aromatic heterocycles. The first-order valence-corrected chi connectivity index (χ1v) is 8.32. The quantitative estimate of drug-likeness (QED) is 0.841. The molecule has 20 heavy (non-hydrogen) atoms. The van der Waals surface area contributed by atoms with Crippen LogP contribution in [0.5, 0.6) is 0 Å². The van der Waals surface area contributed by atoms with Gasteiger partial charge in [0.15, 0.2) is 0 Å². The van der Waals surface area contributed by atoms with E-state index in [2.05, 4.69) is 13.8 Å². The Morgan fingerprint density at radius 3 is 2.65 bits per heavy atom. The number of nitriles is 1. The molecule has 5 heteroatoms. The average molecular weight is 292 g/mol. The second kappa shape index (κ2) is 5.55. The van der Waals surface area contributed by atoms with Gasteiger partial charge in [0.1, 0.15) is 0 Å². The summed E-state index contributed by atoms with van der Waals surface area (Å²) < 4.78 is 27.1. The highest BCUT2D eigenvalue weighted by atomic mass is 32.2. The molecular formula is C15H20N2O2S. The van der Waals surface area contributed by atoms with E-state index in [1.807, 2.05) is 13.0 Å². The molecule has 0 spiro atoms. The first-order valence-electron chi connectivity index (χ1n) is 6.88. The second-order valence-corrected chi connectivity index (χ2v) is 7.66. The van der Waals surface area contributed by atoms with Gasteiger partial charge in [0.25, 0.3) is 0 Å². The average Bonchev–Trinajstić information content (AvgIpc) is 2.42. The van der Waals surface area contributed by atoms with Crippen LogP contribution < -0.4 is 0 Å². The number of benzene rings is 1. The third-order valence-electron chi connectivity index (χ3n) is 4.11. The molecule has 4 nitrogen and oxygen atoms in total. The molecule has 3 atom stereocenters. The molecule has 1 heterocycles. The zero-order chi connectivity index (χ0) is 14.9. The smallest absolute Gasteiger partial charge is 0.207 e. The van der Waals surface area contributed by atoms with E-state index in [0.29, 0.717) is 23.9 Å². The van der Waals surface area contributed by atoms with Gasteiger partial charge in [-0.25, -0.2) is 8.42 Å². The lowest BCUT2D eigenvalue weighted by Gasteiger charge is -2.40. The number of nitrogens with zero attached hydrogens (tertiary/aromatic N) is 2. The van der Waals surface area contributed by atoms with Gasteiger partial charge in [-0.15, -0.1) is 0 Å². The molecule has 0 amide bonds. The molecule has 1 aromatic rings. The van der Waals surface area contributed by atoms with E-state index >= 15 is 0 Å². The molecule has 1 saturated heterocycles. The van der Waals surface area contributed by atoms with E-state index in [-0.39, 0.29) is 10.9 Å². The van der Waals surface area contributed by atoms with E-state index in [9.17, 15) is 8.42 Å². The van der Waals surface area contributed by atoms with Crippen LogP contribution >= 0.6 is 0 Å². The second-order valence-electron chi connectivity index (χ2n) is 5.77. The minimum absolute atomic E-state index is 0.0121. The van der Waals surface area contributed by atoms with E-state index < -0.39 is 10.0 Å². The van der Waals surface area contributed by atoms with Gasteiger partial charge in [0, 0.05) is 12.6 Å². The Bertz CT molecular complexity index is 634. The zero-order valence-electron chi connectivity index (χ0n) is 12.1. The molecule has 0 aliphatic carbocycles. The van der Waals surface area contributed by atoms with Crippen molar-refractivity contribution in [2.75, 3.05) is 6.54 Å². The van der Waals surface area contributed by atoms with Crippen molar-refractivity contribution in [3.63, 3.8) is 0 Å². The van der Waals surface area contributed by atoms with E-state index in [0.717, 1.165) is 6.42 Å². The van der Waals surface area contributed by atoms with Gasteiger partial charge in [0.05, 0.1) is 16.5 Å². The number of hydrogen-bond donors (Lipinski definition) is 0. The normalized spacial score (nSPS) is 28.0. The Morgan fingerprint density at radius 2 is 2.00 bits per heavy atom. The summed E-state index contributed by atoms with van der Waals surface area (Å²) in [5.41, 5.74) is 0.372. The summed E-state index contributed by atoms with van der Waals surface area (Å²) in [5, 5.41) is 8.92. The lowest BCUT2D eigenvalue weighted by Crippen LogP contribution is -2.48. The highest BCUT2D eigenvalue weighted by molar-refractivity contribution is 7.89. The van der Waals surface area contributed by atoms with Crippen molar-refractivity contribution in [2.24, 2.45) is 11.8 Å². The molecule has 0 N–H and O–H groups in total. The number of hydrogen-bond acceptors (Lipinski definition) is 3. The van der Waals surface area contributed by atoms with Crippen molar-refractivity contribution in [1.29, 1.82) is 5.26 Å². The molecule has 1 aliphatic rings. The van der Waals surface area contributed by atoms with Crippen molar-refractivity contribution in [3.8, 4) is 6.07 Å². The van der Waals surface area contributed by atoms with Gasteiger partial charge in [-0.3, -0.25) is 0 Å². The fourth-order valence-corrected chi connectivity index (χ4v) is 4.74. The van der Waals surface area contributed by atoms with Crippen LogP contribution in [0, 0.1) is 23.2 Å². The summed E-state index contributed by atoms with van der Waals surface area (Å²) in [6.07, 6.45) is 1.05. The number of sulfonamides is 1. The van der Waals surface area contributed by atoms with Gasteiger partial charge in [-0.2, -0.15) is 9.57 Å². The molecule has 1 aliphatic heterocycles. The molecule has 1 aromatic carbocycles. The molecule has 0 bridgehead atoms. The minimum Gasteiger partial charge on any atom is -0.207 e. The molecule has 1 fully saturated rings. The summed E-state index contributed by atoms with van der Waals surface area (Å²) in [7, 11) is -3.53. The summed E-state index contributed by atoms with van der Waals surface area (Å²) in [4.78, 5) is 0.213. The standard InChI is InChI=1S/C15H20N2O2S/c1-11-7-12(2)13(3)17(10-11)20(18,19)15-6-4-5-14(8-15)9-16/h4-6,8,11-13H,7,10H2,1-3H3. The van der Waals surface area contributed by atoms with E-state index in [1.165, 1.54) is 6.07 Å². The summed E-state index contributed by atoms with van der Waals surface area (Å²) >= 11 is 0. The highest BCUT2D eigenvalue weighted by Gasteiger charge is 2.37. The van der Waals surface area contributed by atoms with E-state index in [1.54, 1.807) is 22.5 Å². The first-order chi connectivity index (χ1) is 9.36. The van der Waals surface area contributed by atoms with Crippen LogP contribution in [0.15, 0.2) is 29.2 Å². The van der Waals surface area contributed by atoms with Crippen LogP contribution in [-0.4, -0.2) is 25.3 Å². The third-order valence-corrected chi connectivity index (χ3v) is 6.06. The van der Waals surface area contributed by atoms with Crippen LogP contribution in [0.2, 0.25) is 0 Å². The first kappa shape index (κ1) is 15.0. The minimum atomic E-state index is -3.53. The maximum absolute atomic E-state index is 12.8. The molecule has 2 rings (SSSR count). The molecule has 108 valence electrons. The molecule has 0 radical (unpaired) electrons. The Morgan fingerprint density at radius 1 is 1.30 bits per heavy atom. The lowest BCUT2D eigenvalue weighted by atomic mass is 9.88. The van der Waals surface area contributed by atoms with Gasteiger partial charge in [-0.1, -0.05) is 19.9 Å². The summed E-state index contributed by atoms with van der Waals surface area (Å²) in [5.74, 6) is 0.697. The third kappa shape index (κ3) is 2.72. The van der Waals surface area contributed by atoms with E-state index in [4.69, 9.17) is 5.26 Å². The van der Waals surface area contributed by atoms with Crippen molar-refractivity contribution in [2.45, 2.75) is 38.1 Å². The number of piperidine rings is 1. The highest BCUT2D eigenvalue weighted by Crippen LogP contribution is 2.31. The molecule has 3 unspecified atom stereocenters. The van der Waals surface area contributed by atoms with Crippen LogP contribution in [0.1, 0.15) is 32.8 Å². The monoisotopic (exact) mass is 292 g/mol. The van der Waals surface area contributed by atoms with Crippen molar-refractivity contribution >= 4 is 10.0 Å². The fourth-order valence-electron chi connectivity index (χ4n) is 2.84. The lowest BCUT2D eigenvalue weighted by molar-refractivity contribution is 0.157. The number of rotatable bonds is 2. The predicted octanol–water partition coefficient (Wildman–Crippen LogP) is 2.61. The van der Waals surface area contributed by atoms with Gasteiger partial charge >= 0.3 is 0 Å². The zero-order valence-corrected chi connectivity index (χ0v) is 12.9. The van der Waals surface area contributed by atoms with Crippen LogP contribution in [-0.2, 0) is 10.0 Å². The molecular weight excluding hydrogens is 272 g/mol. The predicted molar refractivity (Wildman–Crippen MR) is 77.5 cm³/mol. The van der Waals surface area contributed by atoms with Crippen LogP contribution in [0.25, 0.3) is 0 Å². The van der Waals surface area contributed by atoms with Crippen LogP contribution in [0.3, 0.4) is 0 Å². The van der Waals surface area contributed by atoms with Crippen molar-refractivity contribution in [1.82, 2.24) is 4.31 Å². The molecule has 0 saturated carbocycles. The largest absolute Gasteiger partial charge is 0.243 e. The Labute approximate surface area is 121 Å². The SMILES string of the molecule is CC1CC(C)C(C)N(S(=O)(=O)c2cccc(C#N)c2)C1. The van der Waals surface area contributed by atoms with Crippen LogP contribution in [0.4, 0.5) is 0 Å². The fraction of sp³-hybridized carbons (Fsp3) is 0.533. The maximum Gasteiger partial charge on any atom is 0.243 e. The maximum atomic E-state index is 12.8. The Balaban J connectivity index is 2.41. The Hall–Kier alpha value is -1.38. The van der Waals surface area contributed by atoms with Crippen molar-refractivity contribution in [3.05, 3.63) is 29.8 Å². The van der Waals surface area contributed by atoms with Gasteiger partial charge in [0.2, 0.25) is 10.0 Å². The summed E-state index contributed by atoms with van der Waals surface area (Å²) in [6, 6.07) is 8.22. The van der Waals surface area contributed by atoms with Crippen molar-refractivity contribution < 1.29 is 8.42 Å². The Kier molecular flexibility index (Phi) is 4.17. The summed E-state index contributed by atoms with van der Waals surface area (Å²) in [6.45, 7) is 6.68. The van der Waals surface area contributed by atoms with Gasteiger partial charge < -0.3 is 0 Å². The topological polar surface area (TPSA) is 61.2 Å². The van der Waals surface area contributed by atoms with Gasteiger partial charge in [-0.05, 0) is 43.4 Å².